The third-order valence-electron chi connectivity index (χ3n) is 2.42. The molecule has 1 aromatic carbocycles. The molecule has 0 heterocycles. The van der Waals surface area contributed by atoms with Crippen LogP contribution >= 0.6 is 0 Å². The SMILES string of the molecule is C=C/C=C(\C=C)C(C)(O)c1ccccc1. The van der Waals surface area contributed by atoms with E-state index in [1.165, 1.54) is 0 Å². The fraction of sp³-hybridized carbons (Fsp3) is 0.143. The van der Waals surface area contributed by atoms with Gasteiger partial charge in [0.1, 0.15) is 5.60 Å². The Balaban J connectivity index is 3.17. The first-order valence-corrected chi connectivity index (χ1v) is 4.86. The second-order valence-corrected chi connectivity index (χ2v) is 3.50. The molecule has 0 aliphatic rings. The molecule has 0 aliphatic heterocycles. The number of aliphatic hydroxyl groups is 1. The van der Waals surface area contributed by atoms with E-state index < -0.39 is 5.60 Å². The van der Waals surface area contributed by atoms with Gasteiger partial charge in [0.05, 0.1) is 0 Å². The van der Waals surface area contributed by atoms with E-state index >= 15 is 0 Å². The predicted molar refractivity (Wildman–Crippen MR) is 64.5 cm³/mol. The molecule has 1 N–H and O–H groups in total. The van der Waals surface area contributed by atoms with Crippen LogP contribution in [0.2, 0.25) is 0 Å². The van der Waals surface area contributed by atoms with Gasteiger partial charge in [-0.1, -0.05) is 61.7 Å². The Hall–Kier alpha value is -1.60. The molecule has 78 valence electrons. The van der Waals surface area contributed by atoms with Gasteiger partial charge in [0.2, 0.25) is 0 Å². The van der Waals surface area contributed by atoms with Crippen molar-refractivity contribution in [3.05, 3.63) is 72.9 Å². The van der Waals surface area contributed by atoms with Gasteiger partial charge >= 0.3 is 0 Å². The lowest BCUT2D eigenvalue weighted by Gasteiger charge is -2.25. The molecule has 1 nitrogen and oxygen atoms in total. The summed E-state index contributed by atoms with van der Waals surface area (Å²) in [4.78, 5) is 0. The van der Waals surface area contributed by atoms with E-state index in [1.54, 1.807) is 25.2 Å². The first kappa shape index (κ1) is 11.5. The van der Waals surface area contributed by atoms with Gasteiger partial charge in [0, 0.05) is 0 Å². The summed E-state index contributed by atoms with van der Waals surface area (Å²) in [7, 11) is 0. The van der Waals surface area contributed by atoms with Crippen LogP contribution in [0.1, 0.15) is 12.5 Å². The van der Waals surface area contributed by atoms with Crippen LogP contribution in [0.3, 0.4) is 0 Å². The molecule has 0 radical (unpaired) electrons. The molecule has 0 amide bonds. The maximum atomic E-state index is 10.4. The van der Waals surface area contributed by atoms with E-state index in [9.17, 15) is 5.11 Å². The molecule has 0 aromatic heterocycles. The average Bonchev–Trinajstić information content (AvgIpc) is 2.27. The summed E-state index contributed by atoms with van der Waals surface area (Å²) < 4.78 is 0. The third kappa shape index (κ3) is 2.45. The van der Waals surface area contributed by atoms with E-state index in [-0.39, 0.29) is 0 Å². The van der Waals surface area contributed by atoms with Crippen LogP contribution in [-0.4, -0.2) is 5.11 Å². The quantitative estimate of drug-likeness (QED) is 0.740. The molecule has 1 aromatic rings. The molecule has 0 saturated carbocycles. The molecule has 0 fully saturated rings. The highest BCUT2D eigenvalue weighted by Crippen LogP contribution is 2.29. The lowest BCUT2D eigenvalue weighted by Crippen LogP contribution is -2.22. The van der Waals surface area contributed by atoms with Crippen LogP contribution in [0.25, 0.3) is 0 Å². The van der Waals surface area contributed by atoms with Gasteiger partial charge in [-0.3, -0.25) is 0 Å². The number of hydrogen-bond acceptors (Lipinski definition) is 1. The van der Waals surface area contributed by atoms with Crippen molar-refractivity contribution in [3.63, 3.8) is 0 Å². The smallest absolute Gasteiger partial charge is 0.112 e. The van der Waals surface area contributed by atoms with Crippen LogP contribution in [0.15, 0.2) is 67.3 Å². The summed E-state index contributed by atoms with van der Waals surface area (Å²) in [5.41, 5.74) is 0.568. The fourth-order valence-electron chi connectivity index (χ4n) is 1.49. The Morgan fingerprint density at radius 1 is 1.27 bits per heavy atom. The Morgan fingerprint density at radius 2 is 1.87 bits per heavy atom. The zero-order valence-corrected chi connectivity index (χ0v) is 8.98. The van der Waals surface area contributed by atoms with Gasteiger partial charge in [0.15, 0.2) is 0 Å². The summed E-state index contributed by atoms with van der Waals surface area (Å²) in [5, 5.41) is 10.4. The van der Waals surface area contributed by atoms with E-state index in [1.807, 2.05) is 30.3 Å². The zero-order chi connectivity index (χ0) is 11.3. The number of rotatable bonds is 4. The van der Waals surface area contributed by atoms with Crippen LogP contribution in [-0.2, 0) is 5.60 Å². The highest BCUT2D eigenvalue weighted by atomic mass is 16.3. The van der Waals surface area contributed by atoms with E-state index in [0.717, 1.165) is 11.1 Å². The molecule has 0 saturated heterocycles. The molecule has 0 aliphatic carbocycles. The monoisotopic (exact) mass is 200 g/mol. The standard InChI is InChI=1S/C14H16O/c1-4-9-12(5-2)14(3,15)13-10-7-6-8-11-13/h4-11,15H,1-2H2,3H3/b12-9+. The first-order valence-electron chi connectivity index (χ1n) is 4.86. The normalized spacial score (nSPS) is 15.5. The minimum absolute atomic E-state index is 0.740. The maximum Gasteiger partial charge on any atom is 0.112 e. The summed E-state index contributed by atoms with van der Waals surface area (Å²) in [6.45, 7) is 9.07. The summed E-state index contributed by atoms with van der Waals surface area (Å²) in [6, 6.07) is 9.50. The molecule has 0 spiro atoms. The fourth-order valence-corrected chi connectivity index (χ4v) is 1.49. The van der Waals surface area contributed by atoms with E-state index in [2.05, 4.69) is 13.2 Å². The highest BCUT2D eigenvalue weighted by Gasteiger charge is 2.25. The van der Waals surface area contributed by atoms with Crippen molar-refractivity contribution in [2.45, 2.75) is 12.5 Å². The Morgan fingerprint density at radius 3 is 2.33 bits per heavy atom. The average molecular weight is 200 g/mol. The largest absolute Gasteiger partial charge is 0.381 e. The summed E-state index contributed by atoms with van der Waals surface area (Å²) in [6.07, 6.45) is 5.06. The lowest BCUT2D eigenvalue weighted by atomic mass is 9.87. The van der Waals surface area contributed by atoms with Gasteiger partial charge in [-0.25, -0.2) is 0 Å². The zero-order valence-electron chi connectivity index (χ0n) is 8.98. The third-order valence-corrected chi connectivity index (χ3v) is 2.42. The van der Waals surface area contributed by atoms with Crippen molar-refractivity contribution in [1.82, 2.24) is 0 Å². The second-order valence-electron chi connectivity index (χ2n) is 3.50. The Labute approximate surface area is 91.1 Å². The van der Waals surface area contributed by atoms with Gasteiger partial charge in [-0.05, 0) is 18.1 Å². The molecule has 1 rings (SSSR count). The molecular weight excluding hydrogens is 184 g/mol. The van der Waals surface area contributed by atoms with Gasteiger partial charge in [-0.15, -0.1) is 0 Å². The Kier molecular flexibility index (Phi) is 3.64. The van der Waals surface area contributed by atoms with Crippen molar-refractivity contribution in [3.8, 4) is 0 Å². The van der Waals surface area contributed by atoms with Gasteiger partial charge < -0.3 is 5.11 Å². The minimum Gasteiger partial charge on any atom is -0.381 e. The number of hydrogen-bond donors (Lipinski definition) is 1. The predicted octanol–water partition coefficient (Wildman–Crippen LogP) is 3.19. The van der Waals surface area contributed by atoms with Crippen molar-refractivity contribution in [1.29, 1.82) is 0 Å². The van der Waals surface area contributed by atoms with E-state index in [4.69, 9.17) is 0 Å². The topological polar surface area (TPSA) is 20.2 Å². The minimum atomic E-state index is -1.02. The van der Waals surface area contributed by atoms with Gasteiger partial charge in [0.25, 0.3) is 0 Å². The number of allylic oxidation sites excluding steroid dienone is 2. The molecular formula is C14H16O. The second kappa shape index (κ2) is 4.76. The molecule has 15 heavy (non-hydrogen) atoms. The Bertz CT molecular complexity index is 372. The van der Waals surface area contributed by atoms with Crippen molar-refractivity contribution < 1.29 is 5.11 Å². The lowest BCUT2D eigenvalue weighted by molar-refractivity contribution is 0.101. The van der Waals surface area contributed by atoms with Crippen LogP contribution in [0.4, 0.5) is 0 Å². The van der Waals surface area contributed by atoms with Crippen LogP contribution in [0, 0.1) is 0 Å². The van der Waals surface area contributed by atoms with Crippen molar-refractivity contribution in [2.24, 2.45) is 0 Å². The summed E-state index contributed by atoms with van der Waals surface area (Å²) >= 11 is 0. The highest BCUT2D eigenvalue weighted by molar-refractivity contribution is 5.38. The van der Waals surface area contributed by atoms with Crippen LogP contribution < -0.4 is 0 Å². The first-order chi connectivity index (χ1) is 7.12. The van der Waals surface area contributed by atoms with Crippen molar-refractivity contribution in [2.75, 3.05) is 0 Å². The van der Waals surface area contributed by atoms with Gasteiger partial charge in [-0.2, -0.15) is 0 Å². The molecule has 0 bridgehead atoms. The van der Waals surface area contributed by atoms with Crippen LogP contribution in [0.5, 0.6) is 0 Å². The molecule has 1 heteroatoms. The van der Waals surface area contributed by atoms with E-state index in [0.29, 0.717) is 0 Å². The van der Waals surface area contributed by atoms with Crippen molar-refractivity contribution >= 4 is 0 Å². The summed E-state index contributed by atoms with van der Waals surface area (Å²) in [5.74, 6) is 0. The molecule has 1 atom stereocenters. The maximum absolute atomic E-state index is 10.4. The molecule has 1 unspecified atom stereocenters. The number of benzene rings is 1.